The summed E-state index contributed by atoms with van der Waals surface area (Å²) in [4.78, 5) is 2.69. The highest BCUT2D eigenvalue weighted by Crippen LogP contribution is 2.47. The quantitative estimate of drug-likeness (QED) is 0.664. The van der Waals surface area contributed by atoms with Crippen molar-refractivity contribution in [2.24, 2.45) is 5.41 Å². The third-order valence-electron chi connectivity index (χ3n) is 4.84. The lowest BCUT2D eigenvalue weighted by atomic mass is 9.86. The lowest BCUT2D eigenvalue weighted by molar-refractivity contribution is 0.371. The molecule has 1 nitrogen and oxygen atoms in total. The van der Waals surface area contributed by atoms with E-state index in [2.05, 4.69) is 78.5 Å². The Morgan fingerprint density at radius 3 is 1.71 bits per heavy atom. The van der Waals surface area contributed by atoms with Crippen molar-refractivity contribution in [2.75, 3.05) is 11.4 Å². The molecule has 0 aliphatic carbocycles. The van der Waals surface area contributed by atoms with Crippen LogP contribution in [-0.2, 0) is 0 Å². The van der Waals surface area contributed by atoms with Gasteiger partial charge >= 0.3 is 0 Å². The Morgan fingerprint density at radius 1 is 0.905 bits per heavy atom. The summed E-state index contributed by atoms with van der Waals surface area (Å²) in [6.45, 7) is 20.0. The van der Waals surface area contributed by atoms with Crippen molar-refractivity contribution < 1.29 is 0 Å². The van der Waals surface area contributed by atoms with Gasteiger partial charge in [0.05, 0.1) is 0 Å². The third-order valence-corrected chi connectivity index (χ3v) is 4.84. The second kappa shape index (κ2) is 5.34. The Kier molecular flexibility index (Phi) is 4.17. The van der Waals surface area contributed by atoms with E-state index in [9.17, 15) is 0 Å². The van der Waals surface area contributed by atoms with Gasteiger partial charge in [-0.05, 0) is 48.6 Å². The zero-order chi connectivity index (χ0) is 16.0. The van der Waals surface area contributed by atoms with E-state index in [1.54, 1.807) is 0 Å². The molecule has 1 aliphatic heterocycles. The molecule has 0 N–H and O–H groups in total. The van der Waals surface area contributed by atoms with Crippen LogP contribution in [-0.4, -0.2) is 12.1 Å². The molecule has 1 fully saturated rings. The molecule has 0 radical (unpaired) electrons. The molecule has 1 saturated heterocycles. The van der Waals surface area contributed by atoms with E-state index in [0.717, 1.165) is 6.54 Å². The van der Waals surface area contributed by atoms with E-state index in [0.29, 0.717) is 17.3 Å². The van der Waals surface area contributed by atoms with Crippen molar-refractivity contribution in [3.8, 4) is 0 Å². The van der Waals surface area contributed by atoms with Crippen LogP contribution >= 0.6 is 0 Å². The van der Waals surface area contributed by atoms with Crippen LogP contribution in [0.15, 0.2) is 18.2 Å². The monoisotopic (exact) mass is 287 g/mol. The maximum absolute atomic E-state index is 2.69. The zero-order valence-electron chi connectivity index (χ0n) is 15.2. The first kappa shape index (κ1) is 16.4. The predicted molar refractivity (Wildman–Crippen MR) is 94.4 cm³/mol. The molecule has 1 aliphatic rings. The Hall–Kier alpha value is -0.980. The molecule has 1 heteroatoms. The number of benzene rings is 1. The Balaban J connectivity index is 2.61. The zero-order valence-corrected chi connectivity index (χ0v) is 15.2. The van der Waals surface area contributed by atoms with Gasteiger partial charge in [0.15, 0.2) is 0 Å². The van der Waals surface area contributed by atoms with E-state index >= 15 is 0 Å². The summed E-state index contributed by atoms with van der Waals surface area (Å²) in [5.41, 5.74) is 5.15. The molecule has 0 saturated carbocycles. The predicted octanol–water partition coefficient (Wildman–Crippen LogP) is 5.95. The van der Waals surface area contributed by atoms with Crippen LogP contribution in [0.1, 0.15) is 84.8 Å². The fraction of sp³-hybridized carbons (Fsp3) is 0.700. The van der Waals surface area contributed by atoms with Crippen LogP contribution in [0, 0.1) is 5.41 Å². The minimum absolute atomic E-state index is 0.234. The van der Waals surface area contributed by atoms with Gasteiger partial charge in [0, 0.05) is 17.8 Å². The van der Waals surface area contributed by atoms with E-state index in [1.165, 1.54) is 23.2 Å². The van der Waals surface area contributed by atoms with Crippen molar-refractivity contribution in [1.82, 2.24) is 0 Å². The third kappa shape index (κ3) is 3.12. The Bertz CT molecular complexity index is 482. The molecule has 2 rings (SSSR count). The fourth-order valence-corrected chi connectivity index (χ4v) is 4.17. The van der Waals surface area contributed by atoms with Crippen LogP contribution in [0.25, 0.3) is 0 Å². The minimum atomic E-state index is 0.234. The molecule has 0 amide bonds. The average molecular weight is 287 g/mol. The molecule has 0 unspecified atom stereocenters. The lowest BCUT2D eigenvalue weighted by Gasteiger charge is -2.38. The van der Waals surface area contributed by atoms with Gasteiger partial charge in [-0.15, -0.1) is 0 Å². The van der Waals surface area contributed by atoms with Gasteiger partial charge < -0.3 is 4.90 Å². The summed E-state index contributed by atoms with van der Waals surface area (Å²) in [5, 5.41) is 0. The van der Waals surface area contributed by atoms with E-state index in [1.807, 2.05) is 0 Å². The molecule has 118 valence electrons. The minimum Gasteiger partial charge on any atom is -0.365 e. The first-order valence-electron chi connectivity index (χ1n) is 8.45. The number of rotatable bonds is 3. The SMILES string of the molecule is CC(C)c1cccc(C(C)C)c1N1CC(C)(C)CC1(C)C. The first-order chi connectivity index (χ1) is 9.55. The molecule has 0 atom stereocenters. The second-order valence-electron chi connectivity index (χ2n) is 8.83. The maximum Gasteiger partial charge on any atom is 0.0441 e. The van der Waals surface area contributed by atoms with Crippen LogP contribution < -0.4 is 4.90 Å². The Morgan fingerprint density at radius 2 is 1.38 bits per heavy atom. The van der Waals surface area contributed by atoms with Gasteiger partial charge in [0.25, 0.3) is 0 Å². The molecular weight excluding hydrogens is 254 g/mol. The molecule has 1 aromatic rings. The van der Waals surface area contributed by atoms with Gasteiger partial charge in [-0.3, -0.25) is 0 Å². The highest BCUT2D eigenvalue weighted by molar-refractivity contribution is 5.64. The van der Waals surface area contributed by atoms with Crippen molar-refractivity contribution in [3.05, 3.63) is 29.3 Å². The standard InChI is InChI=1S/C20H33N/c1-14(2)16-10-9-11-17(15(3)4)18(16)21-13-19(5,6)12-20(21,7)8/h9-11,14-15H,12-13H2,1-8H3. The molecule has 1 aromatic carbocycles. The van der Waals surface area contributed by atoms with E-state index < -0.39 is 0 Å². The van der Waals surface area contributed by atoms with E-state index in [4.69, 9.17) is 0 Å². The number of anilines is 1. The highest BCUT2D eigenvalue weighted by atomic mass is 15.2. The lowest BCUT2D eigenvalue weighted by Crippen LogP contribution is -2.39. The van der Waals surface area contributed by atoms with E-state index in [-0.39, 0.29) is 5.54 Å². The fourth-order valence-electron chi connectivity index (χ4n) is 4.17. The normalized spacial score (nSPS) is 20.6. The van der Waals surface area contributed by atoms with Gasteiger partial charge in [0.1, 0.15) is 0 Å². The summed E-state index contributed by atoms with van der Waals surface area (Å²) >= 11 is 0. The van der Waals surface area contributed by atoms with Crippen LogP contribution in [0.2, 0.25) is 0 Å². The molecule has 0 spiro atoms. The molecule has 0 aromatic heterocycles. The topological polar surface area (TPSA) is 3.24 Å². The smallest absolute Gasteiger partial charge is 0.0441 e. The molecular formula is C20H33N. The van der Waals surface area contributed by atoms with Crippen molar-refractivity contribution >= 4 is 5.69 Å². The number of hydrogen-bond acceptors (Lipinski definition) is 1. The first-order valence-corrected chi connectivity index (χ1v) is 8.45. The van der Waals surface area contributed by atoms with Gasteiger partial charge in [-0.2, -0.15) is 0 Å². The average Bonchev–Trinajstić information content (AvgIpc) is 2.55. The number of para-hydroxylation sites is 1. The largest absolute Gasteiger partial charge is 0.365 e. The molecule has 21 heavy (non-hydrogen) atoms. The molecule has 0 bridgehead atoms. The summed E-state index contributed by atoms with van der Waals surface area (Å²) < 4.78 is 0. The van der Waals surface area contributed by atoms with Gasteiger partial charge in [0.2, 0.25) is 0 Å². The number of nitrogens with zero attached hydrogens (tertiary/aromatic N) is 1. The Labute approximate surface area is 131 Å². The summed E-state index contributed by atoms with van der Waals surface area (Å²) in [6.07, 6.45) is 1.25. The molecule has 1 heterocycles. The van der Waals surface area contributed by atoms with Crippen molar-refractivity contribution in [2.45, 2.75) is 79.2 Å². The number of hydrogen-bond donors (Lipinski definition) is 0. The van der Waals surface area contributed by atoms with Crippen LogP contribution in [0.5, 0.6) is 0 Å². The van der Waals surface area contributed by atoms with Gasteiger partial charge in [-0.25, -0.2) is 0 Å². The highest BCUT2D eigenvalue weighted by Gasteiger charge is 2.44. The van der Waals surface area contributed by atoms with Crippen LogP contribution in [0.4, 0.5) is 5.69 Å². The summed E-state index contributed by atoms with van der Waals surface area (Å²) in [7, 11) is 0. The second-order valence-corrected chi connectivity index (χ2v) is 8.83. The van der Waals surface area contributed by atoms with Crippen molar-refractivity contribution in [3.63, 3.8) is 0 Å². The maximum atomic E-state index is 2.69. The van der Waals surface area contributed by atoms with Crippen LogP contribution in [0.3, 0.4) is 0 Å². The summed E-state index contributed by atoms with van der Waals surface area (Å²) in [5.74, 6) is 1.14. The van der Waals surface area contributed by atoms with Crippen molar-refractivity contribution in [1.29, 1.82) is 0 Å². The van der Waals surface area contributed by atoms with Gasteiger partial charge in [-0.1, -0.05) is 59.7 Å². The summed E-state index contributed by atoms with van der Waals surface area (Å²) in [6, 6.07) is 6.89.